The first-order valence-corrected chi connectivity index (χ1v) is 5.06. The van der Waals surface area contributed by atoms with Gasteiger partial charge in [-0.1, -0.05) is 13.8 Å². The number of carboxylic acids is 2. The van der Waals surface area contributed by atoms with Crippen molar-refractivity contribution in [3.63, 3.8) is 0 Å². The van der Waals surface area contributed by atoms with Gasteiger partial charge in [-0.05, 0) is 12.3 Å². The summed E-state index contributed by atoms with van der Waals surface area (Å²) in [7, 11) is 0. The average molecular weight is 225 g/mol. The van der Waals surface area contributed by atoms with E-state index in [1.165, 1.54) is 12.4 Å². The van der Waals surface area contributed by atoms with Crippen molar-refractivity contribution >= 4 is 11.9 Å². The van der Waals surface area contributed by atoms with Crippen LogP contribution in [0.15, 0.2) is 23.5 Å². The third-order valence-corrected chi connectivity index (χ3v) is 2.43. The molecule has 5 nitrogen and oxygen atoms in total. The molecule has 5 heteroatoms. The lowest BCUT2D eigenvalue weighted by Gasteiger charge is -2.23. The molecule has 0 aromatic rings. The molecule has 0 bridgehead atoms. The molecule has 1 aliphatic rings. The van der Waals surface area contributed by atoms with Gasteiger partial charge in [0, 0.05) is 18.3 Å². The van der Waals surface area contributed by atoms with E-state index in [9.17, 15) is 9.59 Å². The third-order valence-electron chi connectivity index (χ3n) is 2.43. The molecule has 0 amide bonds. The van der Waals surface area contributed by atoms with Crippen LogP contribution in [0.25, 0.3) is 0 Å². The summed E-state index contributed by atoms with van der Waals surface area (Å²) in [5, 5.41) is 20.6. The monoisotopic (exact) mass is 225 g/mol. The highest BCUT2D eigenvalue weighted by Gasteiger charge is 2.30. The topological polar surface area (TPSA) is 86.6 Å². The fourth-order valence-corrected chi connectivity index (χ4v) is 1.74. The highest BCUT2D eigenvalue weighted by atomic mass is 16.4. The molecule has 0 aromatic heterocycles. The summed E-state index contributed by atoms with van der Waals surface area (Å²) in [6, 6.07) is 0. The molecule has 0 spiro atoms. The fourth-order valence-electron chi connectivity index (χ4n) is 1.74. The molecule has 0 fully saturated rings. The lowest BCUT2D eigenvalue weighted by molar-refractivity contribution is -0.134. The third kappa shape index (κ3) is 2.62. The Hall–Kier alpha value is -1.78. The second-order valence-corrected chi connectivity index (χ2v) is 4.16. The Morgan fingerprint density at radius 2 is 1.69 bits per heavy atom. The molecule has 88 valence electrons. The van der Waals surface area contributed by atoms with Crippen LogP contribution >= 0.6 is 0 Å². The predicted molar refractivity (Wildman–Crippen MR) is 57.5 cm³/mol. The van der Waals surface area contributed by atoms with E-state index >= 15 is 0 Å². The van der Waals surface area contributed by atoms with Crippen LogP contribution in [0.5, 0.6) is 0 Å². The minimum atomic E-state index is -1.08. The Bertz CT molecular complexity index is 338. The molecule has 1 heterocycles. The summed E-state index contributed by atoms with van der Waals surface area (Å²) in [6.07, 6.45) is 3.21. The van der Waals surface area contributed by atoms with Crippen LogP contribution in [0.4, 0.5) is 0 Å². The largest absolute Gasteiger partial charge is 0.478 e. The van der Waals surface area contributed by atoms with E-state index in [0.717, 1.165) is 0 Å². The quantitative estimate of drug-likeness (QED) is 0.669. The Kier molecular flexibility index (Phi) is 3.71. The molecule has 0 aliphatic carbocycles. The Balaban J connectivity index is 3.00. The van der Waals surface area contributed by atoms with Crippen molar-refractivity contribution < 1.29 is 19.8 Å². The minimum absolute atomic E-state index is 0.105. The van der Waals surface area contributed by atoms with E-state index in [4.69, 9.17) is 10.2 Å². The standard InChI is InChI=1S/C11H15NO4/c1-6(2)3-7-8(10(13)14)4-12-5-9(7)11(15)16/h4-7,12H,3H2,1-2H3,(H,13,14)(H,15,16). The van der Waals surface area contributed by atoms with Gasteiger partial charge in [0.15, 0.2) is 0 Å². The van der Waals surface area contributed by atoms with Crippen LogP contribution in [0, 0.1) is 11.8 Å². The number of rotatable bonds is 4. The van der Waals surface area contributed by atoms with Gasteiger partial charge in [0.2, 0.25) is 0 Å². The van der Waals surface area contributed by atoms with E-state index in [2.05, 4.69) is 5.32 Å². The van der Waals surface area contributed by atoms with Gasteiger partial charge in [0.25, 0.3) is 0 Å². The zero-order valence-corrected chi connectivity index (χ0v) is 9.23. The van der Waals surface area contributed by atoms with Crippen LogP contribution in [0.2, 0.25) is 0 Å². The summed E-state index contributed by atoms with van der Waals surface area (Å²) in [5.74, 6) is -2.47. The van der Waals surface area contributed by atoms with Crippen LogP contribution in [-0.4, -0.2) is 22.2 Å². The molecule has 16 heavy (non-hydrogen) atoms. The summed E-state index contributed by atoms with van der Waals surface area (Å²) < 4.78 is 0. The molecule has 1 aliphatic heterocycles. The summed E-state index contributed by atoms with van der Waals surface area (Å²) >= 11 is 0. The average Bonchev–Trinajstić information content (AvgIpc) is 2.16. The summed E-state index contributed by atoms with van der Waals surface area (Å²) in [6.45, 7) is 3.86. The molecule has 0 saturated heterocycles. The molecular weight excluding hydrogens is 210 g/mol. The fraction of sp³-hybridized carbons (Fsp3) is 0.455. The van der Waals surface area contributed by atoms with Gasteiger partial charge in [-0.3, -0.25) is 0 Å². The van der Waals surface area contributed by atoms with Crippen molar-refractivity contribution in [2.24, 2.45) is 11.8 Å². The maximum atomic E-state index is 11.0. The zero-order valence-electron chi connectivity index (χ0n) is 9.23. The zero-order chi connectivity index (χ0) is 12.3. The first kappa shape index (κ1) is 12.3. The van der Waals surface area contributed by atoms with Crippen LogP contribution in [0.3, 0.4) is 0 Å². The summed E-state index contributed by atoms with van der Waals surface area (Å²) in [4.78, 5) is 22.0. The van der Waals surface area contributed by atoms with Gasteiger partial charge in [0.05, 0.1) is 11.1 Å². The van der Waals surface area contributed by atoms with E-state index in [1.54, 1.807) is 0 Å². The Labute approximate surface area is 93.5 Å². The Morgan fingerprint density at radius 3 is 2.00 bits per heavy atom. The van der Waals surface area contributed by atoms with Crippen molar-refractivity contribution in [1.29, 1.82) is 0 Å². The summed E-state index contributed by atoms with van der Waals surface area (Å²) in [5.41, 5.74) is 0.210. The number of aliphatic carboxylic acids is 2. The van der Waals surface area contributed by atoms with E-state index in [-0.39, 0.29) is 17.1 Å². The minimum Gasteiger partial charge on any atom is -0.478 e. The predicted octanol–water partition coefficient (Wildman–Crippen LogP) is 1.19. The maximum Gasteiger partial charge on any atom is 0.333 e. The van der Waals surface area contributed by atoms with Gasteiger partial charge >= 0.3 is 11.9 Å². The lowest BCUT2D eigenvalue weighted by Crippen LogP contribution is -2.27. The molecule has 0 saturated carbocycles. The van der Waals surface area contributed by atoms with Crippen molar-refractivity contribution in [3.05, 3.63) is 23.5 Å². The van der Waals surface area contributed by atoms with Gasteiger partial charge in [0.1, 0.15) is 0 Å². The normalized spacial score (nSPS) is 16.4. The van der Waals surface area contributed by atoms with Crippen LogP contribution < -0.4 is 5.32 Å². The van der Waals surface area contributed by atoms with E-state index in [0.29, 0.717) is 6.42 Å². The first-order valence-electron chi connectivity index (χ1n) is 5.06. The molecule has 1 rings (SSSR count). The number of nitrogens with one attached hydrogen (secondary N) is 1. The van der Waals surface area contributed by atoms with E-state index in [1.807, 2.05) is 13.8 Å². The molecular formula is C11H15NO4. The molecule has 0 atom stereocenters. The molecule has 0 unspecified atom stereocenters. The van der Waals surface area contributed by atoms with Crippen molar-refractivity contribution in [3.8, 4) is 0 Å². The van der Waals surface area contributed by atoms with Gasteiger partial charge < -0.3 is 15.5 Å². The maximum absolute atomic E-state index is 11.0. The second kappa shape index (κ2) is 4.83. The second-order valence-electron chi connectivity index (χ2n) is 4.16. The Morgan fingerprint density at radius 1 is 1.25 bits per heavy atom. The van der Waals surface area contributed by atoms with E-state index < -0.39 is 17.9 Å². The first-order chi connectivity index (χ1) is 7.43. The molecule has 0 radical (unpaired) electrons. The van der Waals surface area contributed by atoms with Gasteiger partial charge in [-0.2, -0.15) is 0 Å². The smallest absolute Gasteiger partial charge is 0.333 e. The number of hydrogen-bond acceptors (Lipinski definition) is 3. The number of carboxylic acid groups (broad SMARTS) is 2. The molecule has 0 aromatic carbocycles. The van der Waals surface area contributed by atoms with Gasteiger partial charge in [-0.15, -0.1) is 0 Å². The SMILES string of the molecule is CC(C)CC1C(C(=O)O)=CNC=C1C(=O)O. The number of hydrogen-bond donors (Lipinski definition) is 3. The highest BCUT2D eigenvalue weighted by molar-refractivity contribution is 5.94. The van der Waals surface area contributed by atoms with Gasteiger partial charge in [-0.25, -0.2) is 9.59 Å². The van der Waals surface area contributed by atoms with Crippen LogP contribution in [0.1, 0.15) is 20.3 Å². The van der Waals surface area contributed by atoms with Crippen molar-refractivity contribution in [2.75, 3.05) is 0 Å². The van der Waals surface area contributed by atoms with Crippen molar-refractivity contribution in [1.82, 2.24) is 5.32 Å². The van der Waals surface area contributed by atoms with Crippen molar-refractivity contribution in [2.45, 2.75) is 20.3 Å². The number of dihydropyridines is 1. The molecule has 3 N–H and O–H groups in total. The highest BCUT2D eigenvalue weighted by Crippen LogP contribution is 2.29. The number of carbonyl (C=O) groups is 2. The lowest BCUT2D eigenvalue weighted by atomic mass is 9.83. The van der Waals surface area contributed by atoms with Crippen LogP contribution in [-0.2, 0) is 9.59 Å².